The van der Waals surface area contributed by atoms with E-state index in [4.69, 9.17) is 21.7 Å². The number of hydrogen-bond acceptors (Lipinski definition) is 8. The molecule has 0 bridgehead atoms. The van der Waals surface area contributed by atoms with Gasteiger partial charge in [0.05, 0.1) is 23.9 Å². The largest absolute Gasteiger partial charge is 0.496 e. The fourth-order valence-electron chi connectivity index (χ4n) is 2.53. The normalized spacial score (nSPS) is 14.3. The fourth-order valence-corrected chi connectivity index (χ4v) is 3.56. The van der Waals surface area contributed by atoms with Crippen molar-refractivity contribution in [3.05, 3.63) is 28.3 Å². The highest BCUT2D eigenvalue weighted by atomic mass is 32.2. The third-order valence-electron chi connectivity index (χ3n) is 4.01. The number of nitrogens with zero attached hydrogens (tertiary/aromatic N) is 2. The van der Waals surface area contributed by atoms with Crippen LogP contribution in [0, 0.1) is 10.1 Å². The Morgan fingerprint density at radius 3 is 2.68 bits per heavy atom. The van der Waals surface area contributed by atoms with Gasteiger partial charge in [-0.15, -0.1) is 0 Å². The van der Waals surface area contributed by atoms with Crippen LogP contribution in [0.2, 0.25) is 0 Å². The second-order valence-corrected chi connectivity index (χ2v) is 7.62. The van der Waals surface area contributed by atoms with E-state index < -0.39 is 22.9 Å². The van der Waals surface area contributed by atoms with Gasteiger partial charge in [-0.3, -0.25) is 19.7 Å². The van der Waals surface area contributed by atoms with Crippen LogP contribution in [-0.2, 0) is 14.3 Å². The van der Waals surface area contributed by atoms with E-state index in [1.165, 1.54) is 44.0 Å². The van der Waals surface area contributed by atoms with Gasteiger partial charge in [0.2, 0.25) is 0 Å². The summed E-state index contributed by atoms with van der Waals surface area (Å²) in [4.78, 5) is 36.8. The Labute approximate surface area is 171 Å². The van der Waals surface area contributed by atoms with Gasteiger partial charge in [-0.1, -0.05) is 24.0 Å². The standard InChI is InChI=1S/C17H21N3O6S2/c1-11(26-15(21)10-28-17(27)19-7-3-4-8-19)16(22)18-13-6-5-12(25-2)9-14(13)20(23)24/h5-6,9,11H,3-4,7-8,10H2,1-2H3,(H,18,22). The first-order valence-corrected chi connectivity index (χ1v) is 9.95. The van der Waals surface area contributed by atoms with Gasteiger partial charge in [0.25, 0.3) is 11.6 Å². The van der Waals surface area contributed by atoms with Crippen molar-refractivity contribution in [1.82, 2.24) is 4.90 Å². The number of nitro groups is 1. The fraction of sp³-hybridized carbons (Fsp3) is 0.471. The second kappa shape index (κ2) is 10.2. The van der Waals surface area contributed by atoms with E-state index in [0.29, 0.717) is 4.32 Å². The van der Waals surface area contributed by atoms with E-state index in [9.17, 15) is 19.7 Å². The molecule has 1 amide bonds. The molecule has 1 aliphatic rings. The molecule has 1 aliphatic heterocycles. The molecule has 0 aliphatic carbocycles. The van der Waals surface area contributed by atoms with Gasteiger partial charge in [-0.2, -0.15) is 0 Å². The quantitative estimate of drug-likeness (QED) is 0.304. The Bertz CT molecular complexity index is 767. The second-order valence-electron chi connectivity index (χ2n) is 6.01. The monoisotopic (exact) mass is 427 g/mol. The predicted molar refractivity (Wildman–Crippen MR) is 110 cm³/mol. The first kappa shape index (κ1) is 21.9. The molecule has 1 N–H and O–H groups in total. The van der Waals surface area contributed by atoms with Crippen LogP contribution in [0.4, 0.5) is 11.4 Å². The van der Waals surface area contributed by atoms with Crippen molar-refractivity contribution in [3.8, 4) is 5.75 Å². The number of hydrogen-bond donors (Lipinski definition) is 1. The van der Waals surface area contributed by atoms with Crippen molar-refractivity contribution in [2.24, 2.45) is 0 Å². The summed E-state index contributed by atoms with van der Waals surface area (Å²) in [5.41, 5.74) is -0.332. The molecule has 0 spiro atoms. The van der Waals surface area contributed by atoms with Gasteiger partial charge in [-0.05, 0) is 31.9 Å². The average molecular weight is 428 g/mol. The zero-order chi connectivity index (χ0) is 20.7. The molecule has 1 heterocycles. The van der Waals surface area contributed by atoms with Crippen LogP contribution in [0.25, 0.3) is 0 Å². The van der Waals surface area contributed by atoms with Gasteiger partial charge in [0.15, 0.2) is 6.10 Å². The van der Waals surface area contributed by atoms with E-state index in [2.05, 4.69) is 5.32 Å². The van der Waals surface area contributed by atoms with Crippen LogP contribution < -0.4 is 10.1 Å². The van der Waals surface area contributed by atoms with Gasteiger partial charge in [0, 0.05) is 13.1 Å². The van der Waals surface area contributed by atoms with Gasteiger partial charge in [0.1, 0.15) is 15.8 Å². The maximum atomic E-state index is 12.2. The number of nitro benzene ring substituents is 1. The van der Waals surface area contributed by atoms with Crippen molar-refractivity contribution >= 4 is 51.6 Å². The molecule has 2 rings (SSSR count). The Kier molecular flexibility index (Phi) is 8.00. The SMILES string of the molecule is COc1ccc(NC(=O)C(C)OC(=O)CSC(=S)N2CCCC2)c([N+](=O)[O-])c1. The summed E-state index contributed by atoms with van der Waals surface area (Å²) >= 11 is 6.47. The molecule has 28 heavy (non-hydrogen) atoms. The Morgan fingerprint density at radius 1 is 1.39 bits per heavy atom. The summed E-state index contributed by atoms with van der Waals surface area (Å²) in [6.45, 7) is 3.17. The zero-order valence-electron chi connectivity index (χ0n) is 15.5. The van der Waals surface area contributed by atoms with Crippen LogP contribution >= 0.6 is 24.0 Å². The number of carbonyl (C=O) groups excluding carboxylic acids is 2. The minimum Gasteiger partial charge on any atom is -0.496 e. The third-order valence-corrected chi connectivity index (χ3v) is 5.51. The summed E-state index contributed by atoms with van der Waals surface area (Å²) < 4.78 is 10.7. The number of esters is 1. The zero-order valence-corrected chi connectivity index (χ0v) is 17.1. The molecule has 152 valence electrons. The Balaban J connectivity index is 1.87. The van der Waals surface area contributed by atoms with Crippen molar-refractivity contribution in [3.63, 3.8) is 0 Å². The van der Waals surface area contributed by atoms with Crippen LogP contribution in [0.1, 0.15) is 19.8 Å². The molecule has 11 heteroatoms. The number of likely N-dealkylation sites (tertiary alicyclic amines) is 1. The summed E-state index contributed by atoms with van der Waals surface area (Å²) in [6, 6.07) is 4.03. The number of methoxy groups -OCH3 is 1. The van der Waals surface area contributed by atoms with E-state index in [-0.39, 0.29) is 22.9 Å². The molecule has 0 radical (unpaired) electrons. The Hall–Kier alpha value is -2.40. The molecule has 9 nitrogen and oxygen atoms in total. The summed E-state index contributed by atoms with van der Waals surface area (Å²) in [5.74, 6) is -0.974. The number of ether oxygens (including phenoxy) is 2. The highest BCUT2D eigenvalue weighted by Gasteiger charge is 2.23. The molecule has 1 fully saturated rings. The van der Waals surface area contributed by atoms with Gasteiger partial charge in [-0.25, -0.2) is 0 Å². The number of benzene rings is 1. The van der Waals surface area contributed by atoms with Crippen LogP contribution in [0.5, 0.6) is 5.75 Å². The summed E-state index contributed by atoms with van der Waals surface area (Å²) in [7, 11) is 1.38. The van der Waals surface area contributed by atoms with Gasteiger partial charge >= 0.3 is 5.97 Å². The minimum absolute atomic E-state index is 0.00433. The highest BCUT2D eigenvalue weighted by molar-refractivity contribution is 8.23. The lowest BCUT2D eigenvalue weighted by atomic mass is 10.2. The first-order valence-electron chi connectivity index (χ1n) is 8.56. The summed E-state index contributed by atoms with van der Waals surface area (Å²) in [5, 5.41) is 13.6. The third kappa shape index (κ3) is 6.06. The van der Waals surface area contributed by atoms with Crippen molar-refractivity contribution in [2.75, 3.05) is 31.3 Å². The number of nitrogens with one attached hydrogen (secondary N) is 1. The molecule has 1 aromatic carbocycles. The number of anilines is 1. The van der Waals surface area contributed by atoms with Crippen molar-refractivity contribution in [1.29, 1.82) is 0 Å². The lowest BCUT2D eigenvalue weighted by molar-refractivity contribution is -0.384. The van der Waals surface area contributed by atoms with Crippen molar-refractivity contribution < 1.29 is 24.0 Å². The minimum atomic E-state index is -1.12. The highest BCUT2D eigenvalue weighted by Crippen LogP contribution is 2.29. The van der Waals surface area contributed by atoms with E-state index in [1.807, 2.05) is 4.90 Å². The first-order chi connectivity index (χ1) is 13.3. The summed E-state index contributed by atoms with van der Waals surface area (Å²) in [6.07, 6.45) is 1.05. The lowest BCUT2D eigenvalue weighted by Crippen LogP contribution is -2.31. The van der Waals surface area contributed by atoms with Crippen LogP contribution in [0.3, 0.4) is 0 Å². The van der Waals surface area contributed by atoms with Crippen LogP contribution in [0.15, 0.2) is 18.2 Å². The lowest BCUT2D eigenvalue weighted by Gasteiger charge is -2.18. The average Bonchev–Trinajstić information content (AvgIpc) is 3.21. The molecule has 0 saturated carbocycles. The molecule has 1 unspecified atom stereocenters. The number of amides is 1. The molecular weight excluding hydrogens is 406 g/mol. The number of carbonyl (C=O) groups is 2. The predicted octanol–water partition coefficient (Wildman–Crippen LogP) is 2.59. The van der Waals surface area contributed by atoms with E-state index >= 15 is 0 Å². The van der Waals surface area contributed by atoms with E-state index in [1.54, 1.807) is 0 Å². The van der Waals surface area contributed by atoms with Crippen molar-refractivity contribution in [2.45, 2.75) is 25.9 Å². The van der Waals surface area contributed by atoms with Crippen LogP contribution in [-0.4, -0.2) is 58.1 Å². The number of thiocarbonyl (C=S) groups is 1. The maximum Gasteiger partial charge on any atom is 0.317 e. The molecule has 1 atom stereocenters. The number of rotatable bonds is 7. The van der Waals surface area contributed by atoms with E-state index in [0.717, 1.165) is 25.9 Å². The maximum absolute atomic E-state index is 12.2. The molecule has 0 aromatic heterocycles. The Morgan fingerprint density at radius 2 is 2.07 bits per heavy atom. The van der Waals surface area contributed by atoms with Gasteiger partial charge < -0.3 is 19.7 Å². The smallest absolute Gasteiger partial charge is 0.317 e. The number of thioether (sulfide) groups is 1. The molecular formula is C17H21N3O6S2. The molecule has 1 saturated heterocycles. The topological polar surface area (TPSA) is 111 Å². The molecule has 1 aromatic rings.